The van der Waals surface area contributed by atoms with E-state index in [-0.39, 0.29) is 0 Å². The predicted octanol–water partition coefficient (Wildman–Crippen LogP) is 1.97. The van der Waals surface area contributed by atoms with Crippen LogP contribution in [0, 0.1) is 5.92 Å². The maximum Gasteiger partial charge on any atom is 0.150 e. The lowest BCUT2D eigenvalue weighted by Crippen LogP contribution is -2.39. The van der Waals surface area contributed by atoms with Crippen molar-refractivity contribution in [2.45, 2.75) is 38.1 Å². The third-order valence-corrected chi connectivity index (χ3v) is 6.73. The molecule has 0 unspecified atom stereocenters. The van der Waals surface area contributed by atoms with Crippen LogP contribution in [0.2, 0.25) is 0 Å². The Kier molecular flexibility index (Phi) is 4.73. The van der Waals surface area contributed by atoms with E-state index in [2.05, 4.69) is 17.4 Å². The van der Waals surface area contributed by atoms with Gasteiger partial charge in [0.05, 0.1) is 18.6 Å². The number of ether oxygens (including phenoxy) is 1. The van der Waals surface area contributed by atoms with Gasteiger partial charge in [0, 0.05) is 6.04 Å². The van der Waals surface area contributed by atoms with Crippen LogP contribution in [0.3, 0.4) is 0 Å². The smallest absolute Gasteiger partial charge is 0.150 e. The number of methoxy groups -OCH3 is 1. The number of benzene rings is 1. The summed E-state index contributed by atoms with van der Waals surface area (Å²) in [4.78, 5) is 0. The molecule has 1 aliphatic heterocycles. The molecule has 1 aromatic carbocycles. The zero-order valence-corrected chi connectivity index (χ0v) is 14.0. The second-order valence-corrected chi connectivity index (χ2v) is 8.88. The third-order valence-electron chi connectivity index (χ3n) is 5.01. The second-order valence-electron chi connectivity index (χ2n) is 6.58. The van der Waals surface area contributed by atoms with E-state index in [0.717, 1.165) is 44.4 Å². The average Bonchev–Trinajstić information content (AvgIpc) is 2.53. The highest BCUT2D eigenvalue weighted by Gasteiger charge is 2.25. The first-order chi connectivity index (χ1) is 10.6. The van der Waals surface area contributed by atoms with Crippen molar-refractivity contribution in [3.63, 3.8) is 0 Å². The molecular formula is C17H25NO3S. The molecule has 1 fully saturated rings. The quantitative estimate of drug-likeness (QED) is 0.920. The second kappa shape index (κ2) is 6.59. The van der Waals surface area contributed by atoms with Gasteiger partial charge in [0.1, 0.15) is 15.6 Å². The largest absolute Gasteiger partial charge is 0.497 e. The van der Waals surface area contributed by atoms with Crippen LogP contribution < -0.4 is 10.1 Å². The fraction of sp³-hybridized carbons (Fsp3) is 0.647. The molecule has 4 nitrogen and oxygen atoms in total. The van der Waals surface area contributed by atoms with Gasteiger partial charge in [-0.25, -0.2) is 8.42 Å². The zero-order valence-electron chi connectivity index (χ0n) is 13.2. The van der Waals surface area contributed by atoms with Gasteiger partial charge in [-0.15, -0.1) is 0 Å². The van der Waals surface area contributed by atoms with Crippen molar-refractivity contribution in [1.82, 2.24) is 5.32 Å². The number of fused-ring (bicyclic) bond motifs is 1. The molecule has 0 aromatic heterocycles. The summed E-state index contributed by atoms with van der Waals surface area (Å²) in [6.07, 6.45) is 4.93. The van der Waals surface area contributed by atoms with Gasteiger partial charge >= 0.3 is 0 Å². The predicted molar refractivity (Wildman–Crippen MR) is 88.2 cm³/mol. The van der Waals surface area contributed by atoms with Crippen molar-refractivity contribution in [3.8, 4) is 5.75 Å². The van der Waals surface area contributed by atoms with Crippen molar-refractivity contribution < 1.29 is 13.2 Å². The van der Waals surface area contributed by atoms with E-state index in [4.69, 9.17) is 4.74 Å². The normalized spacial score (nSPS) is 24.7. The fourth-order valence-electron chi connectivity index (χ4n) is 3.51. The van der Waals surface area contributed by atoms with Gasteiger partial charge < -0.3 is 10.1 Å². The van der Waals surface area contributed by atoms with Gasteiger partial charge in [-0.2, -0.15) is 0 Å². The maximum absolute atomic E-state index is 11.5. The molecule has 0 spiro atoms. The van der Waals surface area contributed by atoms with Crippen LogP contribution in [0.1, 0.15) is 30.4 Å². The first-order valence-electron chi connectivity index (χ1n) is 8.15. The lowest BCUT2D eigenvalue weighted by atomic mass is 9.87. The summed E-state index contributed by atoms with van der Waals surface area (Å²) in [5.74, 6) is 2.17. The molecule has 1 heterocycles. The Balaban J connectivity index is 1.52. The van der Waals surface area contributed by atoms with E-state index in [1.165, 1.54) is 11.1 Å². The molecular weight excluding hydrogens is 298 g/mol. The Morgan fingerprint density at radius 3 is 2.68 bits per heavy atom. The molecule has 1 N–H and O–H groups in total. The summed E-state index contributed by atoms with van der Waals surface area (Å²) < 4.78 is 28.2. The summed E-state index contributed by atoms with van der Waals surface area (Å²) in [5.41, 5.74) is 2.82. The fourth-order valence-corrected chi connectivity index (χ4v) is 5.10. The van der Waals surface area contributed by atoms with Crippen LogP contribution in [0.4, 0.5) is 0 Å². The van der Waals surface area contributed by atoms with E-state index < -0.39 is 9.84 Å². The van der Waals surface area contributed by atoms with Crippen LogP contribution in [0.5, 0.6) is 5.75 Å². The number of hydrogen-bond acceptors (Lipinski definition) is 4. The first kappa shape index (κ1) is 15.8. The van der Waals surface area contributed by atoms with Crippen LogP contribution in [0.25, 0.3) is 0 Å². The van der Waals surface area contributed by atoms with Gasteiger partial charge in [0.15, 0.2) is 0 Å². The molecule has 0 amide bonds. The third kappa shape index (κ3) is 3.82. The van der Waals surface area contributed by atoms with Gasteiger partial charge in [-0.1, -0.05) is 6.07 Å². The first-order valence-corrected chi connectivity index (χ1v) is 9.97. The Bertz CT molecular complexity index is 613. The molecule has 2 aliphatic rings. The monoisotopic (exact) mass is 323 g/mol. The van der Waals surface area contributed by atoms with E-state index >= 15 is 0 Å². The van der Waals surface area contributed by atoms with Crippen molar-refractivity contribution in [3.05, 3.63) is 29.3 Å². The summed E-state index contributed by atoms with van der Waals surface area (Å²) in [6, 6.07) is 6.86. The Morgan fingerprint density at radius 1 is 1.18 bits per heavy atom. The van der Waals surface area contributed by atoms with Gasteiger partial charge in [0.25, 0.3) is 0 Å². The van der Waals surface area contributed by atoms with Crippen molar-refractivity contribution in [2.24, 2.45) is 5.92 Å². The minimum atomic E-state index is -2.75. The van der Waals surface area contributed by atoms with Crippen LogP contribution >= 0.6 is 0 Å². The highest BCUT2D eigenvalue weighted by molar-refractivity contribution is 7.91. The Morgan fingerprint density at radius 2 is 1.95 bits per heavy atom. The SMILES string of the molecule is COc1ccc2c(c1)C[C@H](NCC1CCS(=O)(=O)CC1)CC2. The number of hydrogen-bond donors (Lipinski definition) is 1. The lowest BCUT2D eigenvalue weighted by molar-refractivity contribution is 0.376. The Hall–Kier alpha value is -1.07. The topological polar surface area (TPSA) is 55.4 Å². The number of rotatable bonds is 4. The standard InChI is InChI=1S/C17H25NO3S/c1-21-17-5-3-14-2-4-16(10-15(14)11-17)18-12-13-6-8-22(19,20)9-7-13/h3,5,11,13,16,18H,2,4,6-10,12H2,1H3/t16-/m1/s1. The van der Waals surface area contributed by atoms with Gasteiger partial charge in [-0.3, -0.25) is 0 Å². The van der Waals surface area contributed by atoms with Gasteiger partial charge in [-0.05, 0) is 67.8 Å². The van der Waals surface area contributed by atoms with Crippen LogP contribution in [-0.2, 0) is 22.7 Å². The minimum Gasteiger partial charge on any atom is -0.497 e. The molecule has 22 heavy (non-hydrogen) atoms. The van der Waals surface area contributed by atoms with E-state index in [1.54, 1.807) is 7.11 Å². The highest BCUT2D eigenvalue weighted by atomic mass is 32.2. The average molecular weight is 323 g/mol. The molecule has 3 rings (SSSR count). The van der Waals surface area contributed by atoms with Crippen molar-refractivity contribution in [1.29, 1.82) is 0 Å². The molecule has 0 radical (unpaired) electrons. The van der Waals surface area contributed by atoms with E-state index in [0.29, 0.717) is 23.5 Å². The molecule has 1 saturated heterocycles. The van der Waals surface area contributed by atoms with Crippen LogP contribution in [0.15, 0.2) is 18.2 Å². The van der Waals surface area contributed by atoms with E-state index in [9.17, 15) is 8.42 Å². The molecule has 0 bridgehead atoms. The van der Waals surface area contributed by atoms with E-state index in [1.807, 2.05) is 6.07 Å². The summed E-state index contributed by atoms with van der Waals surface area (Å²) in [5, 5.41) is 3.66. The van der Waals surface area contributed by atoms with Crippen molar-refractivity contribution >= 4 is 9.84 Å². The highest BCUT2D eigenvalue weighted by Crippen LogP contribution is 2.26. The molecule has 5 heteroatoms. The molecule has 0 saturated carbocycles. The minimum absolute atomic E-state index is 0.365. The molecule has 1 atom stereocenters. The summed E-state index contributed by atoms with van der Waals surface area (Å²) >= 11 is 0. The van der Waals surface area contributed by atoms with Gasteiger partial charge in [0.2, 0.25) is 0 Å². The zero-order chi connectivity index (χ0) is 15.6. The van der Waals surface area contributed by atoms with Crippen molar-refractivity contribution in [2.75, 3.05) is 25.2 Å². The van der Waals surface area contributed by atoms with Crippen LogP contribution in [-0.4, -0.2) is 39.6 Å². The Labute approximate surface area is 133 Å². The number of aryl methyl sites for hydroxylation is 1. The maximum atomic E-state index is 11.5. The summed E-state index contributed by atoms with van der Waals surface area (Å²) in [7, 11) is -1.04. The summed E-state index contributed by atoms with van der Waals surface area (Å²) in [6.45, 7) is 0.944. The molecule has 1 aliphatic carbocycles. The number of sulfone groups is 1. The lowest BCUT2D eigenvalue weighted by Gasteiger charge is -2.29. The molecule has 1 aromatic rings. The number of nitrogens with one attached hydrogen (secondary N) is 1. The molecule has 122 valence electrons.